The van der Waals surface area contributed by atoms with Gasteiger partial charge in [0.25, 0.3) is 0 Å². The number of nitrogens with one attached hydrogen (secondary N) is 2. The first-order valence-corrected chi connectivity index (χ1v) is 11.1. The number of pyridine rings is 1. The number of sulfonamides is 1. The molecule has 0 saturated carbocycles. The molecule has 0 radical (unpaired) electrons. The fraction of sp³-hybridized carbons (Fsp3) is 0.526. The Kier molecular flexibility index (Phi) is 10.7. The maximum Gasteiger partial charge on any atom is 0.242 e. The summed E-state index contributed by atoms with van der Waals surface area (Å²) in [5, 5.41) is 7.80. The summed E-state index contributed by atoms with van der Waals surface area (Å²) in [7, 11) is 0.298. The van der Waals surface area contributed by atoms with Gasteiger partial charge >= 0.3 is 0 Å². The van der Waals surface area contributed by atoms with Gasteiger partial charge in [-0.15, -0.1) is 24.0 Å². The first-order chi connectivity index (χ1) is 13.7. The average Bonchev–Trinajstić information content (AvgIpc) is 3.05. The second-order valence-corrected chi connectivity index (χ2v) is 8.81. The largest absolute Gasteiger partial charge is 0.357 e. The summed E-state index contributed by atoms with van der Waals surface area (Å²) >= 11 is 0. The summed E-state index contributed by atoms with van der Waals surface area (Å²) in [6.07, 6.45) is 4.88. The second-order valence-electron chi connectivity index (χ2n) is 7.05. The van der Waals surface area contributed by atoms with E-state index in [4.69, 9.17) is 0 Å². The molecule has 0 unspecified atom stereocenters. The Morgan fingerprint density at radius 2 is 2.10 bits per heavy atom. The Morgan fingerprint density at radius 3 is 2.70 bits per heavy atom. The molecule has 0 aliphatic rings. The van der Waals surface area contributed by atoms with E-state index in [1.54, 1.807) is 6.07 Å². The van der Waals surface area contributed by atoms with Gasteiger partial charge in [-0.25, -0.2) is 13.1 Å². The average molecular weight is 549 g/mol. The Bertz CT molecular complexity index is 914. The van der Waals surface area contributed by atoms with Crippen molar-refractivity contribution in [2.24, 2.45) is 12.0 Å². The molecule has 0 aromatic carbocycles. The smallest absolute Gasteiger partial charge is 0.242 e. The zero-order valence-corrected chi connectivity index (χ0v) is 21.3. The Morgan fingerprint density at radius 1 is 1.37 bits per heavy atom. The highest BCUT2D eigenvalue weighted by Gasteiger charge is 2.16. The molecule has 0 aliphatic heterocycles. The van der Waals surface area contributed by atoms with Gasteiger partial charge in [0.1, 0.15) is 4.90 Å². The number of aliphatic imine (C=N–C) groups is 1. The van der Waals surface area contributed by atoms with Crippen molar-refractivity contribution in [2.45, 2.75) is 38.1 Å². The molecule has 0 spiro atoms. The summed E-state index contributed by atoms with van der Waals surface area (Å²) in [6.45, 7) is 8.14. The van der Waals surface area contributed by atoms with Crippen LogP contribution in [0.25, 0.3) is 0 Å². The molecular weight excluding hydrogens is 517 g/mol. The maximum absolute atomic E-state index is 12.2. The lowest BCUT2D eigenvalue weighted by Gasteiger charge is -2.22. The van der Waals surface area contributed by atoms with Crippen molar-refractivity contribution in [3.05, 3.63) is 42.0 Å². The van der Waals surface area contributed by atoms with Crippen LogP contribution in [0.15, 0.2) is 40.6 Å². The minimum absolute atomic E-state index is 0. The van der Waals surface area contributed by atoms with Gasteiger partial charge < -0.3 is 10.2 Å². The molecule has 2 aromatic rings. The molecule has 9 nitrogen and oxygen atoms in total. The predicted molar refractivity (Wildman–Crippen MR) is 130 cm³/mol. The minimum atomic E-state index is -3.58. The van der Waals surface area contributed by atoms with Crippen molar-refractivity contribution in [1.29, 1.82) is 0 Å². The minimum Gasteiger partial charge on any atom is -0.357 e. The fourth-order valence-electron chi connectivity index (χ4n) is 2.89. The Balaban J connectivity index is 0.00000450. The first kappa shape index (κ1) is 26.3. The molecule has 0 saturated heterocycles. The highest BCUT2D eigenvalue weighted by molar-refractivity contribution is 14.0. The van der Waals surface area contributed by atoms with Crippen molar-refractivity contribution in [2.75, 3.05) is 26.7 Å². The van der Waals surface area contributed by atoms with E-state index in [1.165, 1.54) is 18.5 Å². The third-order valence-corrected chi connectivity index (χ3v) is 5.64. The van der Waals surface area contributed by atoms with E-state index in [-0.39, 0.29) is 35.4 Å². The van der Waals surface area contributed by atoms with Crippen LogP contribution in [-0.4, -0.2) is 60.7 Å². The van der Waals surface area contributed by atoms with E-state index in [2.05, 4.69) is 39.0 Å². The van der Waals surface area contributed by atoms with Gasteiger partial charge in [0.2, 0.25) is 10.0 Å². The summed E-state index contributed by atoms with van der Waals surface area (Å²) in [5.41, 5.74) is 2.22. The molecule has 168 valence electrons. The zero-order chi connectivity index (χ0) is 21.4. The van der Waals surface area contributed by atoms with Crippen molar-refractivity contribution in [1.82, 2.24) is 29.7 Å². The SMILES string of the molecule is CCNC(=NCCNS(=O)(=O)c1cccnc1)N(C)Cc1cn(C)nc1C(C)C.I. The predicted octanol–water partition coefficient (Wildman–Crippen LogP) is 1.93. The zero-order valence-electron chi connectivity index (χ0n) is 18.2. The molecule has 2 aromatic heterocycles. The van der Waals surface area contributed by atoms with E-state index in [9.17, 15) is 8.42 Å². The van der Waals surface area contributed by atoms with Gasteiger partial charge in [-0.2, -0.15) is 5.10 Å². The quantitative estimate of drug-likeness (QED) is 0.215. The van der Waals surface area contributed by atoms with E-state index < -0.39 is 10.0 Å². The third kappa shape index (κ3) is 7.51. The van der Waals surface area contributed by atoms with Gasteiger partial charge in [-0.05, 0) is 25.0 Å². The number of nitrogens with zero attached hydrogens (tertiary/aromatic N) is 5. The summed E-state index contributed by atoms with van der Waals surface area (Å²) in [6, 6.07) is 3.10. The van der Waals surface area contributed by atoms with Gasteiger partial charge in [-0.3, -0.25) is 14.7 Å². The lowest BCUT2D eigenvalue weighted by molar-refractivity contribution is 0.473. The monoisotopic (exact) mass is 549 g/mol. The van der Waals surface area contributed by atoms with Crippen molar-refractivity contribution in [3.8, 4) is 0 Å². The van der Waals surface area contributed by atoms with Crippen molar-refractivity contribution >= 4 is 40.0 Å². The Labute approximate surface area is 196 Å². The summed E-state index contributed by atoms with van der Waals surface area (Å²) in [4.78, 5) is 10.6. The Hall–Kier alpha value is -1.73. The van der Waals surface area contributed by atoms with Crippen LogP contribution in [0.1, 0.15) is 37.9 Å². The molecule has 0 atom stereocenters. The van der Waals surface area contributed by atoms with E-state index in [0.29, 0.717) is 31.5 Å². The second kappa shape index (κ2) is 12.2. The van der Waals surface area contributed by atoms with Crippen LogP contribution in [-0.2, 0) is 23.6 Å². The number of rotatable bonds is 9. The lowest BCUT2D eigenvalue weighted by Crippen LogP contribution is -2.39. The summed E-state index contributed by atoms with van der Waals surface area (Å²) in [5.74, 6) is 1.05. The molecule has 0 bridgehead atoms. The number of guanidine groups is 1. The molecule has 11 heteroatoms. The molecule has 30 heavy (non-hydrogen) atoms. The van der Waals surface area contributed by atoms with Crippen molar-refractivity contribution < 1.29 is 8.42 Å². The standard InChI is InChI=1S/C19H31N7O2S.HI/c1-6-21-19(25(4)13-16-14-26(5)24-18(16)15(2)3)22-10-11-23-29(27,28)17-8-7-9-20-12-17;/h7-9,12,14-15,23H,6,10-11,13H2,1-5H3,(H,21,22);1H. The van der Waals surface area contributed by atoms with Crippen LogP contribution < -0.4 is 10.0 Å². The third-order valence-electron chi connectivity index (χ3n) is 4.20. The number of hydrogen-bond donors (Lipinski definition) is 2. The molecule has 0 fully saturated rings. The molecule has 0 amide bonds. The normalized spacial score (nSPS) is 12.0. The highest BCUT2D eigenvalue weighted by Crippen LogP contribution is 2.18. The van der Waals surface area contributed by atoms with Crippen molar-refractivity contribution in [3.63, 3.8) is 0 Å². The van der Waals surface area contributed by atoms with Gasteiger partial charge in [0.05, 0.1) is 12.2 Å². The number of aromatic nitrogens is 3. The van der Waals surface area contributed by atoms with E-state index in [0.717, 1.165) is 11.3 Å². The lowest BCUT2D eigenvalue weighted by atomic mass is 10.1. The molecule has 0 aliphatic carbocycles. The molecule has 2 rings (SSSR count). The van der Waals surface area contributed by atoms with Crippen LogP contribution in [0.2, 0.25) is 0 Å². The maximum atomic E-state index is 12.2. The van der Waals surface area contributed by atoms with Crippen LogP contribution in [0.4, 0.5) is 0 Å². The number of aryl methyl sites for hydroxylation is 1. The first-order valence-electron chi connectivity index (χ1n) is 9.66. The molecular formula is C19H32IN7O2S. The summed E-state index contributed by atoms with van der Waals surface area (Å²) < 4.78 is 28.9. The van der Waals surface area contributed by atoms with E-state index in [1.807, 2.05) is 36.8 Å². The van der Waals surface area contributed by atoms with Crippen LogP contribution in [0.5, 0.6) is 0 Å². The van der Waals surface area contributed by atoms with Crippen LogP contribution in [0.3, 0.4) is 0 Å². The molecule has 2 heterocycles. The molecule has 2 N–H and O–H groups in total. The topological polar surface area (TPSA) is 105 Å². The van der Waals surface area contributed by atoms with Crippen LogP contribution in [0, 0.1) is 0 Å². The van der Waals surface area contributed by atoms with Crippen LogP contribution >= 0.6 is 24.0 Å². The number of hydrogen-bond acceptors (Lipinski definition) is 5. The highest BCUT2D eigenvalue weighted by atomic mass is 127. The fourth-order valence-corrected chi connectivity index (χ4v) is 3.88. The van der Waals surface area contributed by atoms with Gasteiger partial charge in [-0.1, -0.05) is 13.8 Å². The van der Waals surface area contributed by atoms with Gasteiger partial charge in [0, 0.05) is 57.9 Å². The number of halogens is 1. The van der Waals surface area contributed by atoms with Gasteiger partial charge in [0.15, 0.2) is 5.96 Å². The van der Waals surface area contributed by atoms with E-state index >= 15 is 0 Å².